The zero-order valence-electron chi connectivity index (χ0n) is 8.18. The van der Waals surface area contributed by atoms with E-state index in [4.69, 9.17) is 0 Å². The number of carbonyl (C=O) groups is 1. The first-order valence-electron chi connectivity index (χ1n) is 5.46. The Bertz CT molecular complexity index is 192. The molecule has 74 valence electrons. The summed E-state index contributed by atoms with van der Waals surface area (Å²) in [6.07, 6.45) is 9.75. The van der Waals surface area contributed by atoms with E-state index >= 15 is 0 Å². The van der Waals surface area contributed by atoms with Crippen molar-refractivity contribution in [3.05, 3.63) is 0 Å². The van der Waals surface area contributed by atoms with Crippen LogP contribution in [0.25, 0.3) is 0 Å². The molecule has 2 fully saturated rings. The maximum absolute atomic E-state index is 11.4. The van der Waals surface area contributed by atoms with Crippen LogP contribution in [0.3, 0.4) is 0 Å². The standard InChI is InChI=1S/C11H18OS/c12-10-5-8-13-11(9-10)6-3-1-2-4-7-11/h1-9H2. The van der Waals surface area contributed by atoms with Crippen LogP contribution >= 0.6 is 11.8 Å². The Morgan fingerprint density at radius 1 is 1.08 bits per heavy atom. The van der Waals surface area contributed by atoms with Gasteiger partial charge in [0.1, 0.15) is 5.78 Å². The van der Waals surface area contributed by atoms with Crippen molar-refractivity contribution in [3.8, 4) is 0 Å². The lowest BCUT2D eigenvalue weighted by Gasteiger charge is -2.35. The summed E-state index contributed by atoms with van der Waals surface area (Å²) in [4.78, 5) is 11.4. The summed E-state index contributed by atoms with van der Waals surface area (Å²) in [5.74, 6) is 1.60. The lowest BCUT2D eigenvalue weighted by Crippen LogP contribution is -2.32. The van der Waals surface area contributed by atoms with Crippen molar-refractivity contribution in [2.24, 2.45) is 0 Å². The predicted octanol–water partition coefficient (Wildman–Crippen LogP) is 3.18. The number of carbonyl (C=O) groups excluding carboxylic acids is 1. The molecular weight excluding hydrogens is 180 g/mol. The summed E-state index contributed by atoms with van der Waals surface area (Å²) in [6, 6.07) is 0. The molecule has 1 spiro atoms. The zero-order valence-corrected chi connectivity index (χ0v) is 9.00. The summed E-state index contributed by atoms with van der Waals surface area (Å²) in [5, 5.41) is 0. The van der Waals surface area contributed by atoms with E-state index in [9.17, 15) is 4.79 Å². The first-order valence-corrected chi connectivity index (χ1v) is 6.45. The Morgan fingerprint density at radius 2 is 1.77 bits per heavy atom. The van der Waals surface area contributed by atoms with Crippen LogP contribution in [0.15, 0.2) is 0 Å². The van der Waals surface area contributed by atoms with Gasteiger partial charge in [-0.3, -0.25) is 4.79 Å². The summed E-state index contributed by atoms with van der Waals surface area (Å²) in [6.45, 7) is 0. The molecule has 1 nitrogen and oxygen atoms in total. The first kappa shape index (κ1) is 9.57. The highest BCUT2D eigenvalue weighted by molar-refractivity contribution is 8.00. The summed E-state index contributed by atoms with van der Waals surface area (Å²) >= 11 is 2.08. The third-order valence-electron chi connectivity index (χ3n) is 3.32. The van der Waals surface area contributed by atoms with Gasteiger partial charge in [0.05, 0.1) is 0 Å². The third kappa shape index (κ3) is 2.28. The minimum Gasteiger partial charge on any atom is -0.300 e. The van der Waals surface area contributed by atoms with Crippen molar-refractivity contribution >= 4 is 17.5 Å². The van der Waals surface area contributed by atoms with Gasteiger partial charge in [0.25, 0.3) is 0 Å². The fourth-order valence-electron chi connectivity index (χ4n) is 2.57. The average Bonchev–Trinajstić information content (AvgIpc) is 2.31. The van der Waals surface area contributed by atoms with Gasteiger partial charge >= 0.3 is 0 Å². The predicted molar refractivity (Wildman–Crippen MR) is 57.1 cm³/mol. The zero-order chi connectivity index (χ0) is 9.15. The molecule has 1 heterocycles. The SMILES string of the molecule is O=C1CCSC2(CCCCCC2)C1. The largest absolute Gasteiger partial charge is 0.300 e. The van der Waals surface area contributed by atoms with Crippen molar-refractivity contribution < 1.29 is 4.79 Å². The van der Waals surface area contributed by atoms with Gasteiger partial charge in [0.2, 0.25) is 0 Å². The molecule has 2 rings (SSSR count). The molecule has 0 atom stereocenters. The Balaban J connectivity index is 2.02. The van der Waals surface area contributed by atoms with E-state index in [1.54, 1.807) is 0 Å². The Kier molecular flexibility index (Phi) is 2.97. The van der Waals surface area contributed by atoms with Gasteiger partial charge in [0, 0.05) is 23.3 Å². The number of hydrogen-bond donors (Lipinski definition) is 0. The van der Waals surface area contributed by atoms with Crippen LogP contribution in [0.2, 0.25) is 0 Å². The second-order valence-corrected chi connectivity index (χ2v) is 5.97. The normalized spacial score (nSPS) is 28.8. The Hall–Kier alpha value is 0.0200. The lowest BCUT2D eigenvalue weighted by molar-refractivity contribution is -0.119. The minimum atomic E-state index is 0.381. The Morgan fingerprint density at radius 3 is 2.38 bits per heavy atom. The Labute approximate surface area is 84.7 Å². The maximum Gasteiger partial charge on any atom is 0.135 e. The second-order valence-electron chi connectivity index (χ2n) is 4.41. The molecule has 0 aromatic carbocycles. The number of ketones is 1. The highest BCUT2D eigenvalue weighted by Gasteiger charge is 2.36. The van der Waals surface area contributed by atoms with Crippen molar-refractivity contribution in [1.82, 2.24) is 0 Å². The molecule has 1 saturated carbocycles. The summed E-state index contributed by atoms with van der Waals surface area (Å²) in [5.41, 5.74) is 0. The van der Waals surface area contributed by atoms with E-state index in [0.717, 1.165) is 18.6 Å². The topological polar surface area (TPSA) is 17.1 Å². The smallest absolute Gasteiger partial charge is 0.135 e. The quantitative estimate of drug-likeness (QED) is 0.594. The van der Waals surface area contributed by atoms with Crippen molar-refractivity contribution in [2.75, 3.05) is 5.75 Å². The van der Waals surface area contributed by atoms with Crippen LogP contribution in [0.5, 0.6) is 0 Å². The number of thioether (sulfide) groups is 1. The van der Waals surface area contributed by atoms with E-state index < -0.39 is 0 Å². The first-order chi connectivity index (χ1) is 6.31. The van der Waals surface area contributed by atoms with E-state index in [1.165, 1.54) is 38.5 Å². The van der Waals surface area contributed by atoms with E-state index in [0.29, 0.717) is 10.5 Å². The van der Waals surface area contributed by atoms with Gasteiger partial charge in [-0.15, -0.1) is 0 Å². The molecule has 1 saturated heterocycles. The fraction of sp³-hybridized carbons (Fsp3) is 0.909. The molecule has 0 bridgehead atoms. The number of hydrogen-bond acceptors (Lipinski definition) is 2. The van der Waals surface area contributed by atoms with Gasteiger partial charge in [0.15, 0.2) is 0 Å². The molecule has 2 aliphatic rings. The van der Waals surface area contributed by atoms with Crippen LogP contribution in [-0.4, -0.2) is 16.3 Å². The average molecular weight is 198 g/mol. The number of Topliss-reactive ketones (excluding diaryl/α,β-unsaturated/α-hetero) is 1. The minimum absolute atomic E-state index is 0.381. The van der Waals surface area contributed by atoms with Crippen LogP contribution in [0.1, 0.15) is 51.4 Å². The molecule has 0 unspecified atom stereocenters. The number of rotatable bonds is 0. The third-order valence-corrected chi connectivity index (χ3v) is 4.90. The monoisotopic (exact) mass is 198 g/mol. The fourth-order valence-corrected chi connectivity index (χ4v) is 4.18. The van der Waals surface area contributed by atoms with Crippen molar-refractivity contribution in [1.29, 1.82) is 0 Å². The molecular formula is C11H18OS. The van der Waals surface area contributed by atoms with Crippen LogP contribution in [0, 0.1) is 0 Å². The van der Waals surface area contributed by atoms with Crippen LogP contribution in [0.4, 0.5) is 0 Å². The molecule has 0 amide bonds. The second kappa shape index (κ2) is 4.04. The summed E-state index contributed by atoms with van der Waals surface area (Å²) < 4.78 is 0.381. The molecule has 0 radical (unpaired) electrons. The van der Waals surface area contributed by atoms with Gasteiger partial charge in [-0.1, -0.05) is 25.7 Å². The van der Waals surface area contributed by atoms with Crippen molar-refractivity contribution in [3.63, 3.8) is 0 Å². The molecule has 2 heteroatoms. The van der Waals surface area contributed by atoms with Crippen LogP contribution in [-0.2, 0) is 4.79 Å². The van der Waals surface area contributed by atoms with Gasteiger partial charge in [-0.2, -0.15) is 11.8 Å². The van der Waals surface area contributed by atoms with E-state index in [2.05, 4.69) is 11.8 Å². The summed E-state index contributed by atoms with van der Waals surface area (Å²) in [7, 11) is 0. The van der Waals surface area contributed by atoms with E-state index in [1.807, 2.05) is 0 Å². The maximum atomic E-state index is 11.4. The molecule has 1 aliphatic carbocycles. The molecule has 0 aromatic heterocycles. The highest BCUT2D eigenvalue weighted by Crippen LogP contribution is 2.44. The van der Waals surface area contributed by atoms with E-state index in [-0.39, 0.29) is 0 Å². The van der Waals surface area contributed by atoms with Crippen molar-refractivity contribution in [2.45, 2.75) is 56.1 Å². The molecule has 0 aromatic rings. The highest BCUT2D eigenvalue weighted by atomic mass is 32.2. The lowest BCUT2D eigenvalue weighted by atomic mass is 9.92. The van der Waals surface area contributed by atoms with Gasteiger partial charge in [-0.05, 0) is 12.8 Å². The molecule has 1 aliphatic heterocycles. The van der Waals surface area contributed by atoms with Gasteiger partial charge in [-0.25, -0.2) is 0 Å². The van der Waals surface area contributed by atoms with Crippen LogP contribution < -0.4 is 0 Å². The molecule has 13 heavy (non-hydrogen) atoms. The van der Waals surface area contributed by atoms with Gasteiger partial charge < -0.3 is 0 Å². The molecule has 0 N–H and O–H groups in total.